The highest BCUT2D eigenvalue weighted by Crippen LogP contribution is 2.25. The van der Waals surface area contributed by atoms with Crippen LogP contribution in [0.4, 0.5) is 0 Å². The monoisotopic (exact) mass is 449 g/mol. The lowest BCUT2D eigenvalue weighted by atomic mass is 10.1. The minimum atomic E-state index is -1.31. The number of aliphatic imine (C=N–C) groups is 1. The van der Waals surface area contributed by atoms with Crippen LogP contribution in [-0.4, -0.2) is 22.4 Å². The zero-order valence-electron chi connectivity index (χ0n) is 17.6. The number of allylic oxidation sites excluding steroid dienone is 5. The molecule has 0 radical (unpaired) electrons. The molecule has 0 spiro atoms. The van der Waals surface area contributed by atoms with Crippen molar-refractivity contribution in [3.8, 4) is 5.75 Å². The third kappa shape index (κ3) is 6.86. The van der Waals surface area contributed by atoms with Crippen molar-refractivity contribution in [1.29, 1.82) is 0 Å². The third-order valence-corrected chi connectivity index (χ3v) is 4.65. The Bertz CT molecular complexity index is 1100. The minimum absolute atomic E-state index is 0.223. The summed E-state index contributed by atoms with van der Waals surface area (Å²) in [4.78, 5) is 16.0. The second kappa shape index (κ2) is 12.1. The van der Waals surface area contributed by atoms with Gasteiger partial charge in [-0.15, -0.1) is 0 Å². The zero-order chi connectivity index (χ0) is 23.5. The lowest BCUT2D eigenvalue weighted by molar-refractivity contribution is -0.132. The first-order valence-corrected chi connectivity index (χ1v) is 10.1. The molecule has 2 aromatic rings. The van der Waals surface area contributed by atoms with Crippen molar-refractivity contribution in [3.05, 3.63) is 120 Å². The van der Waals surface area contributed by atoms with E-state index < -0.39 is 11.7 Å². The van der Waals surface area contributed by atoms with Crippen LogP contribution in [0.2, 0.25) is 5.02 Å². The van der Waals surface area contributed by atoms with E-state index >= 15 is 0 Å². The smallest absolute Gasteiger partial charge is 0.341 e. The van der Waals surface area contributed by atoms with Gasteiger partial charge in [-0.05, 0) is 48.9 Å². The van der Waals surface area contributed by atoms with Crippen LogP contribution in [0, 0.1) is 0 Å². The van der Waals surface area contributed by atoms with Gasteiger partial charge in [-0.1, -0.05) is 67.3 Å². The van der Waals surface area contributed by atoms with E-state index in [4.69, 9.17) is 16.3 Å². The van der Waals surface area contributed by atoms with E-state index in [0.717, 1.165) is 11.8 Å². The van der Waals surface area contributed by atoms with E-state index in [9.17, 15) is 15.0 Å². The van der Waals surface area contributed by atoms with Crippen molar-refractivity contribution < 1.29 is 19.7 Å². The van der Waals surface area contributed by atoms with Crippen molar-refractivity contribution in [1.82, 2.24) is 0 Å². The summed E-state index contributed by atoms with van der Waals surface area (Å²) in [6.45, 7) is 9.11. The second-order valence-electron chi connectivity index (χ2n) is 6.57. The molecule has 0 heterocycles. The Morgan fingerprint density at radius 3 is 2.38 bits per heavy atom. The fraction of sp³-hybridized carbons (Fsp3) is 0.0769. The van der Waals surface area contributed by atoms with Crippen LogP contribution in [0.15, 0.2) is 108 Å². The molecule has 6 heteroatoms. The molecular formula is C26H24ClNO4. The number of halogens is 1. The van der Waals surface area contributed by atoms with Gasteiger partial charge < -0.3 is 14.9 Å². The number of carboxylic acid groups (broad SMARTS) is 1. The summed E-state index contributed by atoms with van der Waals surface area (Å²) in [7, 11) is 0. The highest BCUT2D eigenvalue weighted by atomic mass is 35.5. The minimum Gasteiger partial charge on any atom is -0.506 e. The van der Waals surface area contributed by atoms with Crippen LogP contribution in [-0.2, 0) is 4.79 Å². The molecule has 2 N–H and O–H groups in total. The molecule has 164 valence electrons. The van der Waals surface area contributed by atoms with Crippen LogP contribution in [0.1, 0.15) is 24.1 Å². The Balaban J connectivity index is 2.22. The maximum atomic E-state index is 11.7. The number of benzene rings is 2. The van der Waals surface area contributed by atoms with Crippen molar-refractivity contribution in [2.45, 2.75) is 13.0 Å². The summed E-state index contributed by atoms with van der Waals surface area (Å²) in [6.07, 6.45) is 9.66. The average Bonchev–Trinajstić information content (AvgIpc) is 2.78. The van der Waals surface area contributed by atoms with Gasteiger partial charge in [-0.2, -0.15) is 0 Å². The van der Waals surface area contributed by atoms with E-state index in [-0.39, 0.29) is 22.2 Å². The molecule has 0 aliphatic heterocycles. The topological polar surface area (TPSA) is 79.1 Å². The van der Waals surface area contributed by atoms with Crippen LogP contribution in [0.3, 0.4) is 0 Å². The first-order chi connectivity index (χ1) is 15.4. The molecule has 2 aromatic carbocycles. The van der Waals surface area contributed by atoms with Crippen LogP contribution in [0.5, 0.6) is 5.75 Å². The van der Waals surface area contributed by atoms with Gasteiger partial charge in [0.15, 0.2) is 0 Å². The van der Waals surface area contributed by atoms with Gasteiger partial charge in [-0.3, -0.25) is 4.99 Å². The largest absolute Gasteiger partial charge is 0.506 e. The number of aliphatic carboxylic acids is 1. The maximum Gasteiger partial charge on any atom is 0.341 e. The Hall–Kier alpha value is -3.83. The molecule has 1 atom stereocenters. The Kier molecular flexibility index (Phi) is 9.26. The summed E-state index contributed by atoms with van der Waals surface area (Å²) in [5.74, 6) is -0.535. The number of carbonyl (C=O) groups is 1. The van der Waals surface area contributed by atoms with Crippen molar-refractivity contribution >= 4 is 29.5 Å². The van der Waals surface area contributed by atoms with E-state index in [1.54, 1.807) is 60.7 Å². The quantitative estimate of drug-likeness (QED) is 0.183. The standard InChI is InChI=1S/C26H24ClNO4/c1-4-6-10-20(9-5-2)32-21-15-13-19(14-16-21)18(3)28-17-23(26(30)31)25(29)22-11-7-8-12-24(22)27/h4-18,29H,1-2H2,3H3,(H,30,31)/b10-6-,20-9+,25-23?,28-17?. The van der Waals surface area contributed by atoms with Crippen molar-refractivity contribution in [2.75, 3.05) is 0 Å². The molecule has 5 nitrogen and oxygen atoms in total. The molecule has 0 saturated heterocycles. The van der Waals surface area contributed by atoms with Gasteiger partial charge >= 0.3 is 5.97 Å². The van der Waals surface area contributed by atoms with E-state index in [1.807, 2.05) is 19.1 Å². The molecular weight excluding hydrogens is 426 g/mol. The zero-order valence-corrected chi connectivity index (χ0v) is 18.4. The van der Waals surface area contributed by atoms with Gasteiger partial charge in [-0.25, -0.2) is 4.79 Å². The van der Waals surface area contributed by atoms with Crippen LogP contribution >= 0.6 is 11.6 Å². The van der Waals surface area contributed by atoms with Gasteiger partial charge in [0.25, 0.3) is 0 Å². The predicted molar refractivity (Wildman–Crippen MR) is 130 cm³/mol. The van der Waals surface area contributed by atoms with Crippen molar-refractivity contribution in [3.63, 3.8) is 0 Å². The number of aliphatic hydroxyl groups is 1. The number of nitrogens with zero attached hydrogens (tertiary/aromatic N) is 1. The molecule has 0 saturated carbocycles. The number of carboxylic acids is 1. The molecule has 32 heavy (non-hydrogen) atoms. The maximum absolute atomic E-state index is 11.7. The van der Waals surface area contributed by atoms with Crippen LogP contribution < -0.4 is 4.74 Å². The van der Waals surface area contributed by atoms with Gasteiger partial charge in [0.1, 0.15) is 22.8 Å². The summed E-state index contributed by atoms with van der Waals surface area (Å²) in [5.41, 5.74) is 0.714. The number of hydrogen-bond acceptors (Lipinski definition) is 4. The third-order valence-electron chi connectivity index (χ3n) is 4.32. The number of hydrogen-bond donors (Lipinski definition) is 2. The summed E-state index contributed by atoms with van der Waals surface area (Å²) in [5, 5.41) is 20.2. The summed E-state index contributed by atoms with van der Waals surface area (Å²) in [6, 6.07) is 13.3. The Morgan fingerprint density at radius 2 is 1.78 bits per heavy atom. The molecule has 0 fully saturated rings. The molecule has 0 amide bonds. The average molecular weight is 450 g/mol. The van der Waals surface area contributed by atoms with Crippen LogP contribution in [0.25, 0.3) is 5.76 Å². The van der Waals surface area contributed by atoms with E-state index in [0.29, 0.717) is 11.5 Å². The normalized spacial score (nSPS) is 13.6. The van der Waals surface area contributed by atoms with E-state index in [1.165, 1.54) is 6.07 Å². The summed E-state index contributed by atoms with van der Waals surface area (Å²) < 4.78 is 5.80. The molecule has 2 rings (SSSR count). The fourth-order valence-corrected chi connectivity index (χ4v) is 2.87. The lowest BCUT2D eigenvalue weighted by Crippen LogP contribution is -2.07. The predicted octanol–water partition coefficient (Wildman–Crippen LogP) is 6.72. The number of rotatable bonds is 10. The first-order valence-electron chi connectivity index (χ1n) is 9.71. The first kappa shape index (κ1) is 24.4. The molecule has 1 unspecified atom stereocenters. The Morgan fingerprint density at radius 1 is 1.09 bits per heavy atom. The molecule has 0 aromatic heterocycles. The van der Waals surface area contributed by atoms with Crippen molar-refractivity contribution in [2.24, 2.45) is 4.99 Å². The van der Waals surface area contributed by atoms with Gasteiger partial charge in [0.05, 0.1) is 11.1 Å². The highest BCUT2D eigenvalue weighted by Gasteiger charge is 2.16. The summed E-state index contributed by atoms with van der Waals surface area (Å²) >= 11 is 6.06. The highest BCUT2D eigenvalue weighted by molar-refractivity contribution is 6.32. The molecule has 0 aliphatic carbocycles. The number of ether oxygens (including phenoxy) is 1. The molecule has 0 aliphatic rings. The Labute approximate surface area is 192 Å². The second-order valence-corrected chi connectivity index (χ2v) is 6.98. The molecule has 0 bridgehead atoms. The fourth-order valence-electron chi connectivity index (χ4n) is 2.64. The van der Waals surface area contributed by atoms with Gasteiger partial charge in [0.2, 0.25) is 0 Å². The van der Waals surface area contributed by atoms with E-state index in [2.05, 4.69) is 18.2 Å². The number of aliphatic hydroxyl groups excluding tert-OH is 1. The SMILES string of the molecule is C=C/C=C\C(=C/C=C)Oc1ccc(C(C)N=CC(C(=O)O)=C(O)c2ccccc2Cl)cc1. The van der Waals surface area contributed by atoms with Gasteiger partial charge in [0, 0.05) is 11.8 Å². The lowest BCUT2D eigenvalue weighted by Gasteiger charge is -2.10.